The Bertz CT molecular complexity index is 465. The monoisotopic (exact) mass is 326 g/mol. The molecule has 0 radical (unpaired) electrons. The second-order valence-electron chi connectivity index (χ2n) is 5.22. The standard InChI is InChI=1S/C15H19BrO3/c1-10-7-12(16)8-13(15(17)18)14(10)19-9-11-5-3-2-4-6-11/h7-8,11H,2-6,9H2,1H3,(H,17,18). The predicted octanol–water partition coefficient (Wildman–Crippen LogP) is 4.41. The molecule has 1 saturated carbocycles. The van der Waals surface area contributed by atoms with Crippen LogP contribution in [0.5, 0.6) is 5.75 Å². The highest BCUT2D eigenvalue weighted by molar-refractivity contribution is 9.10. The number of hydrogen-bond donors (Lipinski definition) is 1. The first-order valence-corrected chi connectivity index (χ1v) is 7.53. The summed E-state index contributed by atoms with van der Waals surface area (Å²) >= 11 is 3.32. The number of aryl methyl sites for hydroxylation is 1. The minimum atomic E-state index is -0.942. The molecule has 1 N–H and O–H groups in total. The average Bonchev–Trinajstić information content (AvgIpc) is 2.38. The van der Waals surface area contributed by atoms with Crippen LogP contribution in [-0.2, 0) is 0 Å². The van der Waals surface area contributed by atoms with Crippen molar-refractivity contribution in [1.29, 1.82) is 0 Å². The van der Waals surface area contributed by atoms with E-state index in [1.54, 1.807) is 6.07 Å². The summed E-state index contributed by atoms with van der Waals surface area (Å²) < 4.78 is 6.59. The van der Waals surface area contributed by atoms with Gasteiger partial charge in [0, 0.05) is 4.47 Å². The second-order valence-corrected chi connectivity index (χ2v) is 6.14. The minimum Gasteiger partial charge on any atom is -0.492 e. The lowest BCUT2D eigenvalue weighted by atomic mass is 9.90. The molecule has 3 nitrogen and oxygen atoms in total. The normalized spacial score (nSPS) is 16.3. The third kappa shape index (κ3) is 3.72. The van der Waals surface area contributed by atoms with Crippen LogP contribution in [0.1, 0.15) is 48.0 Å². The van der Waals surface area contributed by atoms with Gasteiger partial charge in [0.1, 0.15) is 11.3 Å². The summed E-state index contributed by atoms with van der Waals surface area (Å²) in [7, 11) is 0. The summed E-state index contributed by atoms with van der Waals surface area (Å²) in [6.45, 7) is 2.51. The molecule has 0 amide bonds. The second kappa shape index (κ2) is 6.42. The maximum atomic E-state index is 11.3. The van der Waals surface area contributed by atoms with Gasteiger partial charge in [0.15, 0.2) is 0 Å². The number of aromatic carboxylic acids is 1. The molecule has 1 fully saturated rings. The lowest BCUT2D eigenvalue weighted by Crippen LogP contribution is -2.17. The van der Waals surface area contributed by atoms with Gasteiger partial charge in [-0.15, -0.1) is 0 Å². The summed E-state index contributed by atoms with van der Waals surface area (Å²) in [4.78, 5) is 11.3. The van der Waals surface area contributed by atoms with Crippen molar-refractivity contribution in [2.24, 2.45) is 5.92 Å². The summed E-state index contributed by atoms with van der Waals surface area (Å²) in [6.07, 6.45) is 6.22. The first-order chi connectivity index (χ1) is 9.08. The SMILES string of the molecule is Cc1cc(Br)cc(C(=O)O)c1OCC1CCCCC1. The van der Waals surface area contributed by atoms with Crippen molar-refractivity contribution in [3.8, 4) is 5.75 Å². The molecule has 0 unspecified atom stereocenters. The predicted molar refractivity (Wildman–Crippen MR) is 77.9 cm³/mol. The largest absolute Gasteiger partial charge is 0.492 e. The summed E-state index contributed by atoms with van der Waals surface area (Å²) in [6, 6.07) is 3.49. The Morgan fingerprint density at radius 1 is 1.37 bits per heavy atom. The van der Waals surface area contributed by atoms with E-state index in [1.165, 1.54) is 32.1 Å². The van der Waals surface area contributed by atoms with Gasteiger partial charge in [-0.1, -0.05) is 35.2 Å². The molecule has 0 spiro atoms. The number of halogens is 1. The van der Waals surface area contributed by atoms with E-state index in [1.807, 2.05) is 13.0 Å². The van der Waals surface area contributed by atoms with E-state index in [0.717, 1.165) is 10.0 Å². The molecule has 1 aliphatic carbocycles. The molecule has 0 heterocycles. The molecule has 1 aliphatic rings. The van der Waals surface area contributed by atoms with Gasteiger partial charge in [0.25, 0.3) is 0 Å². The molecule has 0 aliphatic heterocycles. The molecule has 0 atom stereocenters. The van der Waals surface area contributed by atoms with Crippen LogP contribution in [0.3, 0.4) is 0 Å². The van der Waals surface area contributed by atoms with Gasteiger partial charge in [-0.25, -0.2) is 4.79 Å². The van der Waals surface area contributed by atoms with Crippen molar-refractivity contribution in [3.63, 3.8) is 0 Å². The molecule has 0 aromatic heterocycles. The van der Waals surface area contributed by atoms with Crippen molar-refractivity contribution in [2.45, 2.75) is 39.0 Å². The fourth-order valence-electron chi connectivity index (χ4n) is 2.64. The first-order valence-electron chi connectivity index (χ1n) is 6.74. The van der Waals surface area contributed by atoms with Crippen LogP contribution in [0.15, 0.2) is 16.6 Å². The Labute approximate surface area is 122 Å². The molecule has 2 rings (SSSR count). The van der Waals surface area contributed by atoms with Crippen molar-refractivity contribution in [1.82, 2.24) is 0 Å². The Balaban J connectivity index is 2.12. The van der Waals surface area contributed by atoms with E-state index >= 15 is 0 Å². The van der Waals surface area contributed by atoms with Crippen molar-refractivity contribution in [3.05, 3.63) is 27.7 Å². The van der Waals surface area contributed by atoms with E-state index in [9.17, 15) is 9.90 Å². The van der Waals surface area contributed by atoms with E-state index in [-0.39, 0.29) is 5.56 Å². The van der Waals surface area contributed by atoms with Gasteiger partial charge in [-0.3, -0.25) is 0 Å². The summed E-state index contributed by atoms with van der Waals surface area (Å²) in [5.41, 5.74) is 1.10. The van der Waals surface area contributed by atoms with E-state index in [0.29, 0.717) is 18.3 Å². The lowest BCUT2D eigenvalue weighted by Gasteiger charge is -2.22. The minimum absolute atomic E-state index is 0.239. The molecule has 1 aromatic rings. The molecular formula is C15H19BrO3. The number of benzene rings is 1. The number of ether oxygens (including phenoxy) is 1. The van der Waals surface area contributed by atoms with Gasteiger partial charge in [0.05, 0.1) is 6.61 Å². The zero-order chi connectivity index (χ0) is 13.8. The number of carbonyl (C=O) groups is 1. The summed E-state index contributed by atoms with van der Waals surface area (Å²) in [5, 5.41) is 9.25. The van der Waals surface area contributed by atoms with Crippen LogP contribution in [0, 0.1) is 12.8 Å². The number of hydrogen-bond acceptors (Lipinski definition) is 2. The molecule has 104 valence electrons. The van der Waals surface area contributed by atoms with Crippen LogP contribution in [0.4, 0.5) is 0 Å². The van der Waals surface area contributed by atoms with Crippen LogP contribution in [0.25, 0.3) is 0 Å². The van der Waals surface area contributed by atoms with E-state index in [4.69, 9.17) is 4.74 Å². The number of carboxylic acids is 1. The van der Waals surface area contributed by atoms with Crippen molar-refractivity contribution < 1.29 is 14.6 Å². The average molecular weight is 327 g/mol. The lowest BCUT2D eigenvalue weighted by molar-refractivity contribution is 0.0690. The van der Waals surface area contributed by atoms with Crippen LogP contribution < -0.4 is 4.74 Å². The number of rotatable bonds is 4. The Kier molecular flexibility index (Phi) is 4.86. The Hall–Kier alpha value is -1.03. The molecule has 19 heavy (non-hydrogen) atoms. The highest BCUT2D eigenvalue weighted by atomic mass is 79.9. The fourth-order valence-corrected chi connectivity index (χ4v) is 3.21. The topological polar surface area (TPSA) is 46.5 Å². The van der Waals surface area contributed by atoms with Crippen LogP contribution in [0.2, 0.25) is 0 Å². The van der Waals surface area contributed by atoms with Crippen LogP contribution >= 0.6 is 15.9 Å². The molecule has 0 bridgehead atoms. The van der Waals surface area contributed by atoms with Gasteiger partial charge < -0.3 is 9.84 Å². The van der Waals surface area contributed by atoms with Gasteiger partial charge >= 0.3 is 5.97 Å². The summed E-state index contributed by atoms with van der Waals surface area (Å²) in [5.74, 6) is 0.141. The highest BCUT2D eigenvalue weighted by Gasteiger charge is 2.18. The van der Waals surface area contributed by atoms with Gasteiger partial charge in [-0.2, -0.15) is 0 Å². The molecule has 4 heteroatoms. The third-order valence-corrected chi connectivity index (χ3v) is 4.12. The Morgan fingerprint density at radius 2 is 2.05 bits per heavy atom. The molecular weight excluding hydrogens is 308 g/mol. The van der Waals surface area contributed by atoms with Crippen LogP contribution in [-0.4, -0.2) is 17.7 Å². The Morgan fingerprint density at radius 3 is 2.68 bits per heavy atom. The third-order valence-electron chi connectivity index (χ3n) is 3.66. The smallest absolute Gasteiger partial charge is 0.339 e. The van der Waals surface area contributed by atoms with Crippen molar-refractivity contribution in [2.75, 3.05) is 6.61 Å². The van der Waals surface area contributed by atoms with Gasteiger partial charge in [0.2, 0.25) is 0 Å². The molecule has 0 saturated heterocycles. The quantitative estimate of drug-likeness (QED) is 0.891. The number of carboxylic acid groups (broad SMARTS) is 1. The maximum Gasteiger partial charge on any atom is 0.339 e. The first kappa shape index (κ1) is 14.4. The fraction of sp³-hybridized carbons (Fsp3) is 0.533. The highest BCUT2D eigenvalue weighted by Crippen LogP contribution is 2.30. The van der Waals surface area contributed by atoms with E-state index in [2.05, 4.69) is 15.9 Å². The molecule has 1 aromatic carbocycles. The zero-order valence-electron chi connectivity index (χ0n) is 11.1. The zero-order valence-corrected chi connectivity index (χ0v) is 12.7. The van der Waals surface area contributed by atoms with Gasteiger partial charge in [-0.05, 0) is 43.4 Å². The van der Waals surface area contributed by atoms with Crippen molar-refractivity contribution >= 4 is 21.9 Å². The maximum absolute atomic E-state index is 11.3. The van der Waals surface area contributed by atoms with E-state index < -0.39 is 5.97 Å².